The van der Waals surface area contributed by atoms with Gasteiger partial charge in [0.05, 0.1) is 17.3 Å². The number of para-hydroxylation sites is 1. The van der Waals surface area contributed by atoms with Gasteiger partial charge in [-0.15, -0.1) is 0 Å². The standard InChI is InChI=1S/C14H10ClF3N2O/c15-9-6-8(16)4-5-12(9)19-7-13(21)20-14-10(17)2-1-3-11(14)18/h1-6,19H,7H2,(H,20,21). The Morgan fingerprint density at radius 1 is 1.10 bits per heavy atom. The van der Waals surface area contributed by atoms with E-state index < -0.39 is 29.0 Å². The topological polar surface area (TPSA) is 41.1 Å². The molecule has 0 aliphatic heterocycles. The Kier molecular flexibility index (Phi) is 4.70. The van der Waals surface area contributed by atoms with Gasteiger partial charge in [-0.1, -0.05) is 17.7 Å². The molecule has 0 aromatic heterocycles. The summed E-state index contributed by atoms with van der Waals surface area (Å²) < 4.78 is 39.5. The molecule has 3 nitrogen and oxygen atoms in total. The van der Waals surface area contributed by atoms with Gasteiger partial charge in [-0.3, -0.25) is 4.79 Å². The van der Waals surface area contributed by atoms with Crippen LogP contribution in [0.5, 0.6) is 0 Å². The van der Waals surface area contributed by atoms with E-state index in [2.05, 4.69) is 10.6 Å². The minimum atomic E-state index is -0.872. The van der Waals surface area contributed by atoms with Gasteiger partial charge in [0.2, 0.25) is 5.91 Å². The van der Waals surface area contributed by atoms with Gasteiger partial charge in [-0.2, -0.15) is 0 Å². The summed E-state index contributed by atoms with van der Waals surface area (Å²) in [5.41, 5.74) is -0.184. The summed E-state index contributed by atoms with van der Waals surface area (Å²) in [6.45, 7) is -0.279. The van der Waals surface area contributed by atoms with Crippen LogP contribution in [-0.4, -0.2) is 12.5 Å². The fourth-order valence-corrected chi connectivity index (χ4v) is 1.84. The molecular formula is C14H10ClF3N2O. The third-order valence-electron chi connectivity index (χ3n) is 2.60. The van der Waals surface area contributed by atoms with Crippen molar-refractivity contribution in [2.75, 3.05) is 17.2 Å². The fourth-order valence-electron chi connectivity index (χ4n) is 1.61. The van der Waals surface area contributed by atoms with Crippen LogP contribution in [0.15, 0.2) is 36.4 Å². The van der Waals surface area contributed by atoms with E-state index in [1.54, 1.807) is 0 Å². The molecule has 0 fully saturated rings. The molecule has 2 rings (SSSR count). The molecule has 0 bridgehead atoms. The number of amides is 1. The van der Waals surface area contributed by atoms with Crippen LogP contribution in [0.1, 0.15) is 0 Å². The average molecular weight is 315 g/mol. The zero-order chi connectivity index (χ0) is 15.4. The predicted octanol–water partition coefficient (Wildman–Crippen LogP) is 3.81. The van der Waals surface area contributed by atoms with Gasteiger partial charge in [0.25, 0.3) is 0 Å². The maximum atomic E-state index is 13.3. The van der Waals surface area contributed by atoms with Crippen molar-refractivity contribution in [3.05, 3.63) is 58.9 Å². The van der Waals surface area contributed by atoms with E-state index in [-0.39, 0.29) is 11.6 Å². The van der Waals surface area contributed by atoms with E-state index in [1.165, 1.54) is 18.2 Å². The molecule has 0 heterocycles. The second-order valence-electron chi connectivity index (χ2n) is 4.12. The first kappa shape index (κ1) is 15.2. The number of hydrogen-bond acceptors (Lipinski definition) is 2. The summed E-state index contributed by atoms with van der Waals surface area (Å²) in [5.74, 6) is -2.92. The van der Waals surface area contributed by atoms with Crippen LogP contribution in [0.3, 0.4) is 0 Å². The number of carbonyl (C=O) groups is 1. The molecule has 21 heavy (non-hydrogen) atoms. The maximum Gasteiger partial charge on any atom is 0.243 e. The van der Waals surface area contributed by atoms with Crippen molar-refractivity contribution in [3.8, 4) is 0 Å². The first-order chi connectivity index (χ1) is 9.97. The lowest BCUT2D eigenvalue weighted by Gasteiger charge is -2.10. The molecule has 0 aliphatic carbocycles. The molecule has 1 amide bonds. The van der Waals surface area contributed by atoms with Crippen molar-refractivity contribution in [2.45, 2.75) is 0 Å². The lowest BCUT2D eigenvalue weighted by molar-refractivity contribution is -0.114. The van der Waals surface area contributed by atoms with Crippen LogP contribution in [-0.2, 0) is 4.79 Å². The maximum absolute atomic E-state index is 13.3. The molecule has 0 aliphatic rings. The Balaban J connectivity index is 1.99. The fraction of sp³-hybridized carbons (Fsp3) is 0.0714. The minimum Gasteiger partial charge on any atom is -0.375 e. The van der Waals surface area contributed by atoms with Crippen LogP contribution in [0.4, 0.5) is 24.5 Å². The number of benzene rings is 2. The summed E-state index contributed by atoms with van der Waals surface area (Å²) in [5, 5.41) is 4.85. The quantitative estimate of drug-likeness (QED) is 0.901. The zero-order valence-corrected chi connectivity index (χ0v) is 11.3. The summed E-state index contributed by atoms with van der Waals surface area (Å²) in [7, 11) is 0. The van der Waals surface area contributed by atoms with Crippen molar-refractivity contribution in [1.82, 2.24) is 0 Å². The van der Waals surface area contributed by atoms with Crippen LogP contribution in [0.2, 0.25) is 5.02 Å². The highest BCUT2D eigenvalue weighted by molar-refractivity contribution is 6.33. The SMILES string of the molecule is O=C(CNc1ccc(F)cc1Cl)Nc1c(F)cccc1F. The van der Waals surface area contributed by atoms with Crippen LogP contribution < -0.4 is 10.6 Å². The van der Waals surface area contributed by atoms with E-state index in [0.717, 1.165) is 18.2 Å². The van der Waals surface area contributed by atoms with Crippen molar-refractivity contribution in [2.24, 2.45) is 0 Å². The predicted molar refractivity (Wildman–Crippen MR) is 74.9 cm³/mol. The molecule has 0 spiro atoms. The summed E-state index contributed by atoms with van der Waals surface area (Å²) in [4.78, 5) is 11.6. The number of halogens is 4. The average Bonchev–Trinajstić information content (AvgIpc) is 2.42. The smallest absolute Gasteiger partial charge is 0.243 e. The van der Waals surface area contributed by atoms with E-state index in [1.807, 2.05) is 0 Å². The Bertz CT molecular complexity index is 659. The normalized spacial score (nSPS) is 10.3. The number of anilines is 2. The number of hydrogen-bond donors (Lipinski definition) is 2. The molecule has 7 heteroatoms. The number of nitrogens with one attached hydrogen (secondary N) is 2. The van der Waals surface area contributed by atoms with Gasteiger partial charge < -0.3 is 10.6 Å². The van der Waals surface area contributed by atoms with Gasteiger partial charge in [-0.05, 0) is 30.3 Å². The second kappa shape index (κ2) is 6.49. The first-order valence-corrected chi connectivity index (χ1v) is 6.28. The van der Waals surface area contributed by atoms with Crippen molar-refractivity contribution < 1.29 is 18.0 Å². The van der Waals surface area contributed by atoms with Gasteiger partial charge in [0.1, 0.15) is 23.1 Å². The molecule has 2 aromatic rings. The van der Waals surface area contributed by atoms with E-state index in [0.29, 0.717) is 5.69 Å². The molecule has 2 N–H and O–H groups in total. The molecule has 0 atom stereocenters. The van der Waals surface area contributed by atoms with Crippen molar-refractivity contribution in [3.63, 3.8) is 0 Å². The van der Waals surface area contributed by atoms with E-state index >= 15 is 0 Å². The molecular weight excluding hydrogens is 305 g/mol. The molecule has 110 valence electrons. The van der Waals surface area contributed by atoms with Crippen LogP contribution in [0.25, 0.3) is 0 Å². The van der Waals surface area contributed by atoms with Gasteiger partial charge >= 0.3 is 0 Å². The Morgan fingerprint density at radius 2 is 1.76 bits per heavy atom. The van der Waals surface area contributed by atoms with E-state index in [4.69, 9.17) is 11.6 Å². The highest BCUT2D eigenvalue weighted by Gasteiger charge is 2.12. The highest BCUT2D eigenvalue weighted by Crippen LogP contribution is 2.22. The molecule has 0 radical (unpaired) electrons. The molecule has 0 unspecified atom stereocenters. The van der Waals surface area contributed by atoms with Crippen molar-refractivity contribution >= 4 is 28.9 Å². The largest absolute Gasteiger partial charge is 0.375 e. The molecule has 2 aromatic carbocycles. The Labute approximate surface area is 123 Å². The van der Waals surface area contributed by atoms with Gasteiger partial charge in [-0.25, -0.2) is 13.2 Å². The summed E-state index contributed by atoms with van der Waals surface area (Å²) in [6, 6.07) is 6.86. The highest BCUT2D eigenvalue weighted by atomic mass is 35.5. The Hall–Kier alpha value is -2.21. The van der Waals surface area contributed by atoms with Crippen molar-refractivity contribution in [1.29, 1.82) is 0 Å². The third-order valence-corrected chi connectivity index (χ3v) is 2.91. The number of carbonyl (C=O) groups excluding carboxylic acids is 1. The molecule has 0 saturated carbocycles. The summed E-state index contributed by atoms with van der Waals surface area (Å²) >= 11 is 5.77. The summed E-state index contributed by atoms with van der Waals surface area (Å²) in [6.07, 6.45) is 0. The molecule has 0 saturated heterocycles. The second-order valence-corrected chi connectivity index (χ2v) is 4.53. The third kappa shape index (κ3) is 3.88. The lowest BCUT2D eigenvalue weighted by Crippen LogP contribution is -2.23. The lowest BCUT2D eigenvalue weighted by atomic mass is 10.3. The van der Waals surface area contributed by atoms with Crippen LogP contribution >= 0.6 is 11.6 Å². The van der Waals surface area contributed by atoms with E-state index in [9.17, 15) is 18.0 Å². The van der Waals surface area contributed by atoms with Crippen LogP contribution in [0, 0.1) is 17.5 Å². The Morgan fingerprint density at radius 3 is 2.38 bits per heavy atom. The van der Waals surface area contributed by atoms with Gasteiger partial charge in [0, 0.05) is 0 Å². The van der Waals surface area contributed by atoms with Gasteiger partial charge in [0.15, 0.2) is 0 Å². The number of rotatable bonds is 4. The zero-order valence-electron chi connectivity index (χ0n) is 10.6. The monoisotopic (exact) mass is 314 g/mol. The minimum absolute atomic E-state index is 0.0971. The first-order valence-electron chi connectivity index (χ1n) is 5.90.